The molecule has 4 aromatic rings. The third-order valence-corrected chi connectivity index (χ3v) is 11.9. The summed E-state index contributed by atoms with van der Waals surface area (Å²) >= 11 is 3.80. The van der Waals surface area contributed by atoms with Crippen LogP contribution >= 0.6 is 23.5 Å². The SMILES string of the molecule is C=Cc1cccc2c1Sc1cc(/C=C/c3ccc4c(c3)Sc3ccccc3N4CCCCCCCC)ccc1N2CCCCCCCC. The Kier molecular flexibility index (Phi) is 12.5. The Morgan fingerprint density at radius 1 is 0.521 bits per heavy atom. The number of rotatable bonds is 17. The highest BCUT2D eigenvalue weighted by molar-refractivity contribution is 8.00. The number of hydrogen-bond acceptors (Lipinski definition) is 4. The topological polar surface area (TPSA) is 6.48 Å². The summed E-state index contributed by atoms with van der Waals surface area (Å²) < 4.78 is 0. The van der Waals surface area contributed by atoms with Crippen molar-refractivity contribution in [3.8, 4) is 0 Å². The molecule has 4 aromatic carbocycles. The predicted molar refractivity (Wildman–Crippen MR) is 214 cm³/mol. The van der Waals surface area contributed by atoms with Crippen LogP contribution in [0.5, 0.6) is 0 Å². The first-order valence-electron chi connectivity index (χ1n) is 18.4. The molecule has 48 heavy (non-hydrogen) atoms. The van der Waals surface area contributed by atoms with Crippen LogP contribution in [0.1, 0.15) is 108 Å². The average Bonchev–Trinajstić information content (AvgIpc) is 3.12. The molecule has 250 valence electrons. The van der Waals surface area contributed by atoms with E-state index in [1.54, 1.807) is 0 Å². The Labute approximate surface area is 298 Å². The molecule has 0 unspecified atom stereocenters. The molecule has 0 saturated carbocycles. The zero-order valence-corrected chi connectivity index (χ0v) is 30.7. The van der Waals surface area contributed by atoms with Crippen LogP contribution in [0.4, 0.5) is 22.7 Å². The van der Waals surface area contributed by atoms with Crippen molar-refractivity contribution in [2.45, 2.75) is 110 Å². The summed E-state index contributed by atoms with van der Waals surface area (Å²) in [6, 6.07) is 29.6. The minimum absolute atomic E-state index is 1.05. The van der Waals surface area contributed by atoms with Crippen LogP contribution in [-0.4, -0.2) is 13.1 Å². The maximum Gasteiger partial charge on any atom is 0.0558 e. The largest absolute Gasteiger partial charge is 0.340 e. The van der Waals surface area contributed by atoms with Gasteiger partial charge in [0.25, 0.3) is 0 Å². The van der Waals surface area contributed by atoms with Crippen LogP contribution in [-0.2, 0) is 0 Å². The molecule has 0 amide bonds. The Balaban J connectivity index is 1.19. The lowest BCUT2D eigenvalue weighted by atomic mass is 10.1. The minimum atomic E-state index is 1.05. The van der Waals surface area contributed by atoms with E-state index in [1.807, 2.05) is 29.6 Å². The van der Waals surface area contributed by atoms with Gasteiger partial charge in [-0.2, -0.15) is 0 Å². The molecule has 0 N–H and O–H groups in total. The number of fused-ring (bicyclic) bond motifs is 4. The molecule has 0 fully saturated rings. The van der Waals surface area contributed by atoms with Crippen LogP contribution in [0, 0.1) is 0 Å². The highest BCUT2D eigenvalue weighted by Crippen LogP contribution is 2.51. The van der Waals surface area contributed by atoms with Crippen LogP contribution < -0.4 is 9.80 Å². The summed E-state index contributed by atoms with van der Waals surface area (Å²) in [7, 11) is 0. The fraction of sp³-hybridized carbons (Fsp3) is 0.364. The second-order valence-electron chi connectivity index (χ2n) is 13.2. The summed E-state index contributed by atoms with van der Waals surface area (Å²) in [6.45, 7) is 10.8. The van der Waals surface area contributed by atoms with Gasteiger partial charge in [0.2, 0.25) is 0 Å². The molecule has 2 heterocycles. The fourth-order valence-corrected chi connectivity index (χ4v) is 9.33. The molecule has 0 spiro atoms. The summed E-state index contributed by atoms with van der Waals surface area (Å²) in [5, 5.41) is 0. The van der Waals surface area contributed by atoms with Crippen molar-refractivity contribution in [3.05, 3.63) is 102 Å². The zero-order valence-electron chi connectivity index (χ0n) is 29.1. The van der Waals surface area contributed by atoms with Crippen molar-refractivity contribution in [3.63, 3.8) is 0 Å². The molecule has 6 rings (SSSR count). The third-order valence-electron chi connectivity index (χ3n) is 9.61. The standard InChI is InChI=1S/C44H52N2S2/c1-4-7-9-11-13-17-30-45-37-21-15-16-23-41(37)47-42-32-34(26-28-38(42)45)24-25-35-27-29-39-43(33-35)48-44-36(6-3)20-19-22-40(44)46(39)31-18-14-12-10-8-5-2/h6,15-16,19-29,32-33H,3-5,7-14,17-18,30-31H2,1-2H3/b25-24+. The Morgan fingerprint density at radius 2 is 1.04 bits per heavy atom. The Hall–Kier alpha value is -3.34. The maximum atomic E-state index is 4.13. The Morgan fingerprint density at radius 3 is 1.67 bits per heavy atom. The van der Waals surface area contributed by atoms with Gasteiger partial charge in [-0.1, -0.05) is 163 Å². The number of benzene rings is 4. The molecule has 4 heteroatoms. The lowest BCUT2D eigenvalue weighted by Gasteiger charge is -2.34. The molecule has 0 atom stereocenters. The van der Waals surface area contributed by atoms with E-state index >= 15 is 0 Å². The predicted octanol–water partition coefficient (Wildman–Crippen LogP) is 14.4. The van der Waals surface area contributed by atoms with Gasteiger partial charge >= 0.3 is 0 Å². The maximum absolute atomic E-state index is 4.13. The van der Waals surface area contributed by atoms with E-state index in [0.717, 1.165) is 13.1 Å². The van der Waals surface area contributed by atoms with Crippen LogP contribution in [0.25, 0.3) is 18.2 Å². The van der Waals surface area contributed by atoms with Crippen molar-refractivity contribution in [1.82, 2.24) is 0 Å². The van der Waals surface area contributed by atoms with Crippen LogP contribution in [0.2, 0.25) is 0 Å². The highest BCUT2D eigenvalue weighted by atomic mass is 32.2. The molecule has 2 aliphatic rings. The molecule has 0 aromatic heterocycles. The van der Waals surface area contributed by atoms with Crippen molar-refractivity contribution in [1.29, 1.82) is 0 Å². The molecule has 0 bridgehead atoms. The van der Waals surface area contributed by atoms with E-state index in [2.05, 4.69) is 121 Å². The summed E-state index contributed by atoms with van der Waals surface area (Å²) in [4.78, 5) is 10.5. The van der Waals surface area contributed by atoms with E-state index < -0.39 is 0 Å². The zero-order chi connectivity index (χ0) is 33.1. The van der Waals surface area contributed by atoms with Crippen molar-refractivity contribution in [2.24, 2.45) is 0 Å². The van der Waals surface area contributed by atoms with Gasteiger partial charge in [-0.25, -0.2) is 0 Å². The highest BCUT2D eigenvalue weighted by Gasteiger charge is 2.25. The number of hydrogen-bond donors (Lipinski definition) is 0. The van der Waals surface area contributed by atoms with Crippen molar-refractivity contribution < 1.29 is 0 Å². The van der Waals surface area contributed by atoms with Gasteiger partial charge in [-0.3, -0.25) is 0 Å². The normalized spacial score (nSPS) is 13.3. The van der Waals surface area contributed by atoms with Crippen LogP contribution in [0.15, 0.2) is 105 Å². The number of anilines is 4. The summed E-state index contributed by atoms with van der Waals surface area (Å²) in [6.07, 6.45) is 22.3. The molecule has 0 saturated heterocycles. The third kappa shape index (κ3) is 8.26. The van der Waals surface area contributed by atoms with E-state index in [4.69, 9.17) is 0 Å². The molecule has 0 radical (unpaired) electrons. The number of unbranched alkanes of at least 4 members (excludes halogenated alkanes) is 10. The Bertz CT molecular complexity index is 1710. The smallest absolute Gasteiger partial charge is 0.0558 e. The van der Waals surface area contributed by atoms with E-state index in [0.29, 0.717) is 0 Å². The second kappa shape index (κ2) is 17.4. The van der Waals surface area contributed by atoms with Gasteiger partial charge in [0, 0.05) is 32.7 Å². The minimum Gasteiger partial charge on any atom is -0.340 e. The fourth-order valence-electron chi connectivity index (χ4n) is 6.93. The molecule has 0 aliphatic carbocycles. The molecule has 2 aliphatic heterocycles. The van der Waals surface area contributed by atoms with Crippen molar-refractivity contribution in [2.75, 3.05) is 22.9 Å². The number of para-hydroxylation sites is 1. The van der Waals surface area contributed by atoms with Gasteiger partial charge in [0.1, 0.15) is 0 Å². The van der Waals surface area contributed by atoms with Gasteiger partial charge < -0.3 is 9.80 Å². The van der Waals surface area contributed by atoms with Gasteiger partial charge in [0.05, 0.1) is 22.7 Å². The number of nitrogens with zero attached hydrogens (tertiary/aromatic N) is 2. The summed E-state index contributed by atoms with van der Waals surface area (Å²) in [5.41, 5.74) is 9.04. The molecule has 2 nitrogen and oxygen atoms in total. The first-order chi connectivity index (χ1) is 23.7. The van der Waals surface area contributed by atoms with Crippen LogP contribution in [0.3, 0.4) is 0 Å². The molecular weight excluding hydrogens is 621 g/mol. The van der Waals surface area contributed by atoms with Gasteiger partial charge in [-0.05, 0) is 72.0 Å². The summed E-state index contributed by atoms with van der Waals surface area (Å²) in [5.74, 6) is 0. The lowest BCUT2D eigenvalue weighted by Crippen LogP contribution is -2.22. The quantitative estimate of drug-likeness (QED) is 0.0813. The second-order valence-corrected chi connectivity index (χ2v) is 15.3. The van der Waals surface area contributed by atoms with E-state index in [-0.39, 0.29) is 0 Å². The average molecular weight is 673 g/mol. The monoisotopic (exact) mass is 672 g/mol. The van der Waals surface area contributed by atoms with Gasteiger partial charge in [-0.15, -0.1) is 0 Å². The lowest BCUT2D eigenvalue weighted by molar-refractivity contribution is 0.608. The first kappa shape index (κ1) is 34.5. The van der Waals surface area contributed by atoms with Gasteiger partial charge in [0.15, 0.2) is 0 Å². The van der Waals surface area contributed by atoms with E-state index in [1.165, 1.54) is 136 Å². The first-order valence-corrected chi connectivity index (χ1v) is 20.0. The van der Waals surface area contributed by atoms with E-state index in [9.17, 15) is 0 Å². The molecular formula is C44H52N2S2. The van der Waals surface area contributed by atoms with Crippen molar-refractivity contribution >= 4 is 64.5 Å².